The van der Waals surface area contributed by atoms with Crippen molar-refractivity contribution in [1.29, 1.82) is 0 Å². The van der Waals surface area contributed by atoms with E-state index in [2.05, 4.69) is 27.2 Å². The number of nitrogens with two attached hydrogens (primary N) is 1. The molecule has 58 heavy (non-hydrogen) atoms. The first-order chi connectivity index (χ1) is 28.0. The molecule has 0 atom stereocenters. The third kappa shape index (κ3) is 9.76. The van der Waals surface area contributed by atoms with Gasteiger partial charge in [-0.25, -0.2) is 9.97 Å². The average Bonchev–Trinajstić information content (AvgIpc) is 3.67. The summed E-state index contributed by atoms with van der Waals surface area (Å²) in [6, 6.07) is 20.4. The van der Waals surface area contributed by atoms with Crippen molar-refractivity contribution in [3.05, 3.63) is 124 Å². The van der Waals surface area contributed by atoms with Gasteiger partial charge in [0.05, 0.1) is 24.0 Å². The largest absolute Gasteiger partial charge is 0.508 e. The maximum Gasteiger partial charge on any atom is 0.271 e. The van der Waals surface area contributed by atoms with Crippen molar-refractivity contribution < 1.29 is 24.9 Å². The number of rotatable bonds is 12. The molecule has 13 nitrogen and oxygen atoms in total. The highest BCUT2D eigenvalue weighted by Crippen LogP contribution is 2.36. The number of carbonyl (C=O) groups is 2. The highest BCUT2D eigenvalue weighted by molar-refractivity contribution is 7.17. The van der Waals surface area contributed by atoms with Gasteiger partial charge in [-0.15, -0.1) is 11.3 Å². The van der Waals surface area contributed by atoms with Crippen molar-refractivity contribution in [2.75, 3.05) is 32.5 Å². The molecule has 0 spiro atoms. The van der Waals surface area contributed by atoms with Gasteiger partial charge in [0, 0.05) is 62.2 Å². The number of fused-ring (bicyclic) bond motifs is 1. The fraction of sp³-hybridized carbons (Fsp3) is 0.318. The topological polar surface area (TPSA) is 197 Å². The number of nitrogen functional groups attached to an aromatic ring is 1. The van der Waals surface area contributed by atoms with Crippen LogP contribution in [0.2, 0.25) is 0 Å². The van der Waals surface area contributed by atoms with Crippen LogP contribution in [-0.2, 0) is 30.6 Å². The van der Waals surface area contributed by atoms with Crippen molar-refractivity contribution >= 4 is 39.2 Å². The van der Waals surface area contributed by atoms with Gasteiger partial charge in [0.1, 0.15) is 22.0 Å². The lowest BCUT2D eigenvalue weighted by atomic mass is 9.91. The summed E-state index contributed by atoms with van der Waals surface area (Å²) < 4.78 is 2.07. The van der Waals surface area contributed by atoms with E-state index in [0.717, 1.165) is 45.4 Å². The number of hydrogen-bond donors (Lipinski definition) is 5. The summed E-state index contributed by atoms with van der Waals surface area (Å²) in [6.45, 7) is 3.30. The number of aromatic hydroxyl groups is 1. The molecule has 0 radical (unpaired) electrons. The smallest absolute Gasteiger partial charge is 0.271 e. The molecular formula is C44H49N7O6S. The number of hydrogen-bond acceptors (Lipinski definition) is 11. The Morgan fingerprint density at radius 3 is 2.33 bits per heavy atom. The molecule has 0 aliphatic carbocycles. The van der Waals surface area contributed by atoms with Crippen LogP contribution in [0.4, 0.5) is 5.82 Å². The third-order valence-electron chi connectivity index (χ3n) is 10.5. The summed E-state index contributed by atoms with van der Waals surface area (Å²) in [7, 11) is 1.57. The van der Waals surface area contributed by atoms with Gasteiger partial charge in [0.25, 0.3) is 11.5 Å². The van der Waals surface area contributed by atoms with Gasteiger partial charge in [0.15, 0.2) is 0 Å². The van der Waals surface area contributed by atoms with Crippen LogP contribution in [0, 0.1) is 0 Å². The van der Waals surface area contributed by atoms with Crippen LogP contribution in [-0.4, -0.2) is 83.9 Å². The maximum atomic E-state index is 12.9. The molecule has 1 aliphatic rings. The first-order valence-corrected chi connectivity index (χ1v) is 20.3. The van der Waals surface area contributed by atoms with E-state index in [1.807, 2.05) is 58.8 Å². The predicted molar refractivity (Wildman–Crippen MR) is 227 cm³/mol. The lowest BCUT2D eigenvalue weighted by molar-refractivity contribution is -0.135. The zero-order valence-electron chi connectivity index (χ0n) is 32.7. The summed E-state index contributed by atoms with van der Waals surface area (Å²) >= 11 is 1.36. The Morgan fingerprint density at radius 1 is 0.948 bits per heavy atom. The van der Waals surface area contributed by atoms with Gasteiger partial charge in [-0.3, -0.25) is 23.9 Å². The SMILES string of the molecule is CCc1c(-c2ccc(C(=O)NC)nc2)cnc(N)c1-c1ccc(O)cc1.O=C(CCc1ccccc1)N1CCC(O)(Cn2cnc3c(CCCO)csc3c2=O)CC1. The number of amides is 2. The standard InChI is InChI=1S/C24H29N3O4S.C20H20N4O2/c28-14-4-7-19-15-32-22-21(19)25-17-27(23(22)30)16-24(31)10-12-26(13-11-24)20(29)9-8-18-5-2-1-3-6-18;1-3-15-16(13-6-9-17(23-10-13)20(26)22-2)11-24-19(21)18(15)12-4-7-14(25)8-5-12/h1-3,5-6,15,17,28,31H,4,7-14,16H2;4-11,25H,3H2,1-2H3,(H2,21,24)(H,22,26). The Kier molecular flexibility index (Phi) is 13.6. The number of nitrogens with one attached hydrogen (secondary N) is 1. The Hall–Kier alpha value is -5.96. The minimum Gasteiger partial charge on any atom is -0.508 e. The van der Waals surface area contributed by atoms with Crippen LogP contribution >= 0.6 is 11.3 Å². The van der Waals surface area contributed by atoms with Crippen molar-refractivity contribution in [3.8, 4) is 28.0 Å². The highest BCUT2D eigenvalue weighted by atomic mass is 32.1. The van der Waals surface area contributed by atoms with Crippen LogP contribution in [0.25, 0.3) is 32.5 Å². The summed E-state index contributed by atoms with van der Waals surface area (Å²) in [5.41, 5.74) is 12.7. The average molecular weight is 804 g/mol. The van der Waals surface area contributed by atoms with Crippen molar-refractivity contribution in [3.63, 3.8) is 0 Å². The number of benzene rings is 2. The maximum absolute atomic E-state index is 12.9. The number of piperidine rings is 1. The molecule has 6 N–H and O–H groups in total. The van der Waals surface area contributed by atoms with Gasteiger partial charge in [0.2, 0.25) is 5.91 Å². The highest BCUT2D eigenvalue weighted by Gasteiger charge is 2.34. The minimum atomic E-state index is -1.04. The molecule has 1 fully saturated rings. The minimum absolute atomic E-state index is 0.102. The second-order valence-corrected chi connectivity index (χ2v) is 15.2. The van der Waals surface area contributed by atoms with Gasteiger partial charge >= 0.3 is 0 Å². The van der Waals surface area contributed by atoms with Crippen molar-refractivity contribution in [1.82, 2.24) is 29.7 Å². The van der Waals surface area contributed by atoms with Crippen molar-refractivity contribution in [2.24, 2.45) is 0 Å². The van der Waals surface area contributed by atoms with E-state index in [-0.39, 0.29) is 36.3 Å². The second kappa shape index (κ2) is 19.0. The Balaban J connectivity index is 0.000000200. The molecule has 2 aromatic carbocycles. The van der Waals surface area contributed by atoms with E-state index in [1.54, 1.807) is 37.6 Å². The molecule has 1 aliphatic heterocycles. The number of aliphatic hydroxyl groups excluding tert-OH is 1. The van der Waals surface area contributed by atoms with E-state index in [1.165, 1.54) is 22.2 Å². The van der Waals surface area contributed by atoms with Gasteiger partial charge in [-0.1, -0.05) is 55.5 Å². The number of nitrogens with zero attached hydrogens (tertiary/aromatic N) is 5. The predicted octanol–water partition coefficient (Wildman–Crippen LogP) is 5.39. The number of anilines is 1. The number of phenols is 1. The molecule has 0 saturated carbocycles. The Labute approximate surface area is 340 Å². The van der Waals surface area contributed by atoms with Crippen LogP contribution < -0.4 is 16.6 Å². The Bertz CT molecular complexity index is 2390. The van der Waals surface area contributed by atoms with Crippen LogP contribution in [0.3, 0.4) is 0 Å². The lowest BCUT2D eigenvalue weighted by Crippen LogP contribution is -2.49. The summed E-state index contributed by atoms with van der Waals surface area (Å²) in [4.78, 5) is 52.0. The molecule has 6 aromatic rings. The number of carbonyl (C=O) groups excluding carboxylic acids is 2. The van der Waals surface area contributed by atoms with E-state index in [9.17, 15) is 24.6 Å². The van der Waals surface area contributed by atoms with Gasteiger partial charge in [-0.2, -0.15) is 0 Å². The van der Waals surface area contributed by atoms with Crippen LogP contribution in [0.1, 0.15) is 59.8 Å². The third-order valence-corrected chi connectivity index (χ3v) is 11.5. The van der Waals surface area contributed by atoms with E-state index in [0.29, 0.717) is 73.3 Å². The second-order valence-electron chi connectivity index (χ2n) is 14.4. The number of aromatic nitrogens is 4. The molecule has 14 heteroatoms. The van der Waals surface area contributed by atoms with Crippen LogP contribution in [0.5, 0.6) is 5.75 Å². The molecule has 0 unspecified atom stereocenters. The van der Waals surface area contributed by atoms with E-state index < -0.39 is 5.60 Å². The zero-order valence-corrected chi connectivity index (χ0v) is 33.5. The normalized spacial score (nSPS) is 13.5. The fourth-order valence-electron chi connectivity index (χ4n) is 7.20. The number of thiophene rings is 1. The fourth-order valence-corrected chi connectivity index (χ4v) is 8.20. The molecule has 0 bridgehead atoms. The number of aryl methyl sites for hydroxylation is 2. The number of phenolic OH excluding ortho intramolecular Hbond substituents is 1. The molecule has 2 amide bonds. The molecule has 302 valence electrons. The van der Waals surface area contributed by atoms with Gasteiger partial charge in [-0.05, 0) is 84.4 Å². The number of pyridine rings is 2. The summed E-state index contributed by atoms with van der Waals surface area (Å²) in [5.74, 6) is 0.507. The van der Waals surface area contributed by atoms with E-state index >= 15 is 0 Å². The first-order valence-electron chi connectivity index (χ1n) is 19.4. The summed E-state index contributed by atoms with van der Waals surface area (Å²) in [6.07, 6.45) is 9.00. The van der Waals surface area contributed by atoms with Crippen molar-refractivity contribution in [2.45, 2.75) is 64.0 Å². The quantitative estimate of drug-likeness (QED) is 0.107. The molecule has 5 heterocycles. The molecule has 4 aromatic heterocycles. The monoisotopic (exact) mass is 803 g/mol. The van der Waals surface area contributed by atoms with E-state index in [4.69, 9.17) is 10.8 Å². The first kappa shape index (κ1) is 41.7. The number of aliphatic hydroxyl groups is 2. The molecule has 7 rings (SSSR count). The summed E-state index contributed by atoms with van der Waals surface area (Å²) in [5, 5.41) is 34.2. The molecular weight excluding hydrogens is 755 g/mol. The van der Waals surface area contributed by atoms with Crippen LogP contribution in [0.15, 0.2) is 95.6 Å². The molecule has 1 saturated heterocycles. The number of likely N-dealkylation sites (tertiary alicyclic amines) is 1. The van der Waals surface area contributed by atoms with Gasteiger partial charge < -0.3 is 31.3 Å². The zero-order chi connectivity index (χ0) is 41.2. The lowest BCUT2D eigenvalue weighted by Gasteiger charge is -2.38. The Morgan fingerprint density at radius 2 is 1.67 bits per heavy atom.